The molecule has 0 bridgehead atoms. The zero-order valence-corrected chi connectivity index (χ0v) is 26.2. The van der Waals surface area contributed by atoms with Gasteiger partial charge in [0.25, 0.3) is 11.5 Å². The van der Waals surface area contributed by atoms with E-state index in [-0.39, 0.29) is 30.9 Å². The second-order valence-corrected chi connectivity index (χ2v) is 10.9. The molecule has 3 rings (SSSR count). The molecule has 1 unspecified atom stereocenters. The van der Waals surface area contributed by atoms with E-state index in [0.29, 0.717) is 61.5 Å². The number of methoxy groups -OCH3 is 3. The van der Waals surface area contributed by atoms with E-state index in [1.807, 2.05) is 0 Å². The highest BCUT2D eigenvalue weighted by Gasteiger charge is 2.71. The van der Waals surface area contributed by atoms with Gasteiger partial charge in [-0.15, -0.1) is 0 Å². The minimum Gasteiger partial charge on any atom is -0.496 e. The van der Waals surface area contributed by atoms with Crippen LogP contribution in [-0.4, -0.2) is 75.4 Å². The van der Waals surface area contributed by atoms with Crippen LogP contribution >= 0.6 is 0 Å². The van der Waals surface area contributed by atoms with Crippen molar-refractivity contribution < 1.29 is 60.0 Å². The van der Waals surface area contributed by atoms with Crippen molar-refractivity contribution in [2.75, 3.05) is 41.1 Å². The number of carbonyl (C=O) groups is 2. The van der Waals surface area contributed by atoms with Gasteiger partial charge in [0.15, 0.2) is 0 Å². The van der Waals surface area contributed by atoms with Crippen LogP contribution in [0.4, 0.5) is 31.1 Å². The van der Waals surface area contributed by atoms with Crippen LogP contribution in [0.3, 0.4) is 0 Å². The van der Waals surface area contributed by atoms with Crippen LogP contribution < -0.4 is 19.5 Å². The summed E-state index contributed by atoms with van der Waals surface area (Å²) in [5.74, 6) is 0.482. The van der Waals surface area contributed by atoms with Crippen molar-refractivity contribution in [2.45, 2.75) is 69.4 Å². The van der Waals surface area contributed by atoms with Gasteiger partial charge >= 0.3 is 18.4 Å². The van der Waals surface area contributed by atoms with E-state index < -0.39 is 41.0 Å². The predicted molar refractivity (Wildman–Crippen MR) is 154 cm³/mol. The number of nitrogens with one attached hydrogen (secondary N) is 1. The van der Waals surface area contributed by atoms with Gasteiger partial charge in [-0.2, -0.15) is 26.3 Å². The van der Waals surface area contributed by atoms with E-state index in [1.165, 1.54) is 14.2 Å². The number of alkyl halides is 6. The van der Waals surface area contributed by atoms with Gasteiger partial charge in [0.1, 0.15) is 22.8 Å². The van der Waals surface area contributed by atoms with Gasteiger partial charge < -0.3 is 29.4 Å². The number of carbonyl (C=O) groups excluding carboxylic acids is 2. The Labute approximate surface area is 262 Å². The van der Waals surface area contributed by atoms with E-state index in [1.54, 1.807) is 33.1 Å². The Hall–Kier alpha value is -3.72. The normalized spacial score (nSPS) is 17.3. The molecule has 1 atom stereocenters. The Morgan fingerprint density at radius 1 is 0.870 bits per heavy atom. The number of amides is 3. The highest BCUT2D eigenvalue weighted by atomic mass is 19.4. The second kappa shape index (κ2) is 14.4. The number of benzene rings is 2. The Morgan fingerprint density at radius 2 is 1.48 bits per heavy atom. The fourth-order valence-corrected chi connectivity index (χ4v) is 5.27. The summed E-state index contributed by atoms with van der Waals surface area (Å²) in [6.45, 7) is 3.67. The first-order chi connectivity index (χ1) is 21.5. The van der Waals surface area contributed by atoms with E-state index in [2.05, 4.69) is 5.32 Å². The molecule has 0 aromatic heterocycles. The summed E-state index contributed by atoms with van der Waals surface area (Å²) in [5.41, 5.74) is -6.57. The molecule has 2 aromatic carbocycles. The maximum atomic E-state index is 13.5. The standard InChI is InChI=1S/C31H38F6N2O7/c1-6-9-19-16-20(29(42,30(32,33)34)31(35,36)37)10-11-23(19)46-14-8-7-13-39-26(40)28(2,38-27(39)41)21-17-24(44-4)22(12-15-43-3)25(18-21)45-5/h10-11,16-18,42H,6-9,12-15H2,1-5H3,(H,38,41). The molecule has 0 saturated carbocycles. The van der Waals surface area contributed by atoms with E-state index in [4.69, 9.17) is 18.9 Å². The molecular formula is C31H38F6N2O7. The van der Waals surface area contributed by atoms with Crippen LogP contribution in [0.25, 0.3) is 0 Å². The minimum absolute atomic E-state index is 0.00286. The number of rotatable bonds is 15. The number of hydrogen-bond donors (Lipinski definition) is 2. The zero-order chi connectivity index (χ0) is 34.5. The van der Waals surface area contributed by atoms with Crippen molar-refractivity contribution in [3.05, 3.63) is 52.6 Å². The fourth-order valence-electron chi connectivity index (χ4n) is 5.27. The molecule has 1 aliphatic heterocycles. The van der Waals surface area contributed by atoms with Gasteiger partial charge in [0.05, 0.1) is 27.4 Å². The Morgan fingerprint density at radius 3 is 2.00 bits per heavy atom. The number of hydrogen-bond acceptors (Lipinski definition) is 7. The molecule has 2 N–H and O–H groups in total. The quantitative estimate of drug-likeness (QED) is 0.141. The molecule has 1 saturated heterocycles. The summed E-state index contributed by atoms with van der Waals surface area (Å²) in [6.07, 6.45) is -10.4. The molecule has 0 radical (unpaired) electrons. The van der Waals surface area contributed by atoms with Crippen LogP contribution in [0.2, 0.25) is 0 Å². The second-order valence-electron chi connectivity index (χ2n) is 10.9. The number of urea groups is 1. The van der Waals surface area contributed by atoms with Gasteiger partial charge in [-0.05, 0) is 61.6 Å². The molecule has 256 valence electrons. The number of nitrogens with zero attached hydrogens (tertiary/aromatic N) is 1. The van der Waals surface area contributed by atoms with Crippen molar-refractivity contribution in [2.24, 2.45) is 0 Å². The number of ether oxygens (including phenoxy) is 4. The average molecular weight is 665 g/mol. The summed E-state index contributed by atoms with van der Waals surface area (Å²) >= 11 is 0. The van der Waals surface area contributed by atoms with Gasteiger partial charge in [0.2, 0.25) is 0 Å². The Bertz CT molecular complexity index is 1360. The summed E-state index contributed by atoms with van der Waals surface area (Å²) < 4.78 is 102. The molecule has 46 heavy (non-hydrogen) atoms. The lowest BCUT2D eigenvalue weighted by atomic mass is 9.90. The first-order valence-electron chi connectivity index (χ1n) is 14.5. The number of aryl methyl sites for hydroxylation is 1. The summed E-state index contributed by atoms with van der Waals surface area (Å²) in [6, 6.07) is 4.87. The van der Waals surface area contributed by atoms with Crippen molar-refractivity contribution in [1.29, 1.82) is 0 Å². The summed E-state index contributed by atoms with van der Waals surface area (Å²) in [5, 5.41) is 12.5. The van der Waals surface area contributed by atoms with Crippen LogP contribution in [-0.2, 0) is 33.5 Å². The minimum atomic E-state index is -6.00. The molecule has 9 nitrogen and oxygen atoms in total. The molecule has 15 heteroatoms. The Balaban J connectivity index is 1.69. The number of imide groups is 1. The zero-order valence-electron chi connectivity index (χ0n) is 26.2. The van der Waals surface area contributed by atoms with Crippen LogP contribution in [0, 0.1) is 0 Å². The fraction of sp³-hybridized carbons (Fsp3) is 0.548. The Kier molecular flexibility index (Phi) is 11.5. The highest BCUT2D eigenvalue weighted by molar-refractivity contribution is 6.07. The monoisotopic (exact) mass is 664 g/mol. The third-order valence-electron chi connectivity index (χ3n) is 7.87. The maximum Gasteiger partial charge on any atom is 0.430 e. The first-order valence-corrected chi connectivity index (χ1v) is 14.5. The van der Waals surface area contributed by atoms with E-state index in [9.17, 15) is 41.0 Å². The number of unbranched alkanes of at least 4 members (excludes halogenated alkanes) is 1. The van der Waals surface area contributed by atoms with Gasteiger partial charge in [-0.3, -0.25) is 9.69 Å². The first kappa shape index (κ1) is 36.7. The van der Waals surface area contributed by atoms with E-state index >= 15 is 0 Å². The highest BCUT2D eigenvalue weighted by Crippen LogP contribution is 2.50. The largest absolute Gasteiger partial charge is 0.496 e. The maximum absolute atomic E-state index is 13.5. The van der Waals surface area contributed by atoms with Crippen LogP contribution in [0.15, 0.2) is 30.3 Å². The third kappa shape index (κ3) is 7.14. The van der Waals surface area contributed by atoms with Crippen molar-refractivity contribution >= 4 is 11.9 Å². The molecule has 2 aromatic rings. The molecular weight excluding hydrogens is 626 g/mol. The summed E-state index contributed by atoms with van der Waals surface area (Å²) in [4.78, 5) is 27.4. The molecule has 1 fully saturated rings. The summed E-state index contributed by atoms with van der Waals surface area (Å²) in [7, 11) is 4.52. The van der Waals surface area contributed by atoms with Crippen LogP contribution in [0.5, 0.6) is 17.2 Å². The lowest BCUT2D eigenvalue weighted by Gasteiger charge is -2.33. The van der Waals surface area contributed by atoms with Gasteiger partial charge in [-0.1, -0.05) is 19.4 Å². The van der Waals surface area contributed by atoms with E-state index in [0.717, 1.165) is 16.5 Å². The van der Waals surface area contributed by atoms with Crippen molar-refractivity contribution in [1.82, 2.24) is 10.2 Å². The number of aliphatic hydroxyl groups is 1. The molecule has 1 heterocycles. The average Bonchev–Trinajstić information content (AvgIpc) is 3.21. The third-order valence-corrected chi connectivity index (χ3v) is 7.87. The lowest BCUT2D eigenvalue weighted by molar-refractivity contribution is -0.376. The van der Waals surface area contributed by atoms with Gasteiger partial charge in [0, 0.05) is 31.2 Å². The van der Waals surface area contributed by atoms with Crippen molar-refractivity contribution in [3.8, 4) is 17.2 Å². The molecule has 0 spiro atoms. The molecule has 3 amide bonds. The number of halogens is 6. The van der Waals surface area contributed by atoms with Crippen LogP contribution in [0.1, 0.15) is 55.4 Å². The molecule has 0 aliphatic carbocycles. The van der Waals surface area contributed by atoms with Gasteiger partial charge in [-0.25, -0.2) is 4.79 Å². The SMILES string of the molecule is CCCc1cc(C(O)(C(F)(F)F)C(F)(F)F)ccc1OCCCCN1C(=O)NC(C)(c2cc(OC)c(CCOC)c(OC)c2)C1=O. The van der Waals surface area contributed by atoms with Crippen molar-refractivity contribution in [3.63, 3.8) is 0 Å². The topological polar surface area (TPSA) is 107 Å². The molecule has 1 aliphatic rings. The smallest absolute Gasteiger partial charge is 0.430 e. The predicted octanol–water partition coefficient (Wildman–Crippen LogP) is 5.78. The lowest BCUT2D eigenvalue weighted by Crippen LogP contribution is -2.53.